The minimum absolute atomic E-state index is 0.0815. The normalized spacial score (nSPS) is 14.7. The predicted molar refractivity (Wildman–Crippen MR) is 103 cm³/mol. The van der Waals surface area contributed by atoms with Crippen molar-refractivity contribution in [3.8, 4) is 0 Å². The number of carbonyl (C=O) groups is 1. The first kappa shape index (κ1) is 21.2. The molecule has 1 fully saturated rings. The molecule has 0 bridgehead atoms. The Labute approximate surface area is 168 Å². The SMILES string of the molecule is Cc1cc(=O)[nH]c(SCC(=O)Nc2cc(C(F)(F)F)ccc2N2CCOCC2)n1. The maximum absolute atomic E-state index is 13.1. The molecule has 2 aromatic rings. The van der Waals surface area contributed by atoms with Gasteiger partial charge in [0.1, 0.15) is 0 Å². The number of carbonyl (C=O) groups excluding carboxylic acids is 1. The monoisotopic (exact) mass is 428 g/mol. The molecule has 0 radical (unpaired) electrons. The molecule has 1 saturated heterocycles. The van der Waals surface area contributed by atoms with Gasteiger partial charge in [-0.05, 0) is 25.1 Å². The number of ether oxygens (including phenoxy) is 1. The van der Waals surface area contributed by atoms with Crippen LogP contribution in [0.25, 0.3) is 0 Å². The highest BCUT2D eigenvalue weighted by atomic mass is 32.2. The molecule has 1 aromatic heterocycles. The predicted octanol–water partition coefficient (Wildman–Crippen LogP) is 2.66. The molecule has 0 saturated carbocycles. The summed E-state index contributed by atoms with van der Waals surface area (Å²) < 4.78 is 44.7. The molecule has 2 heterocycles. The number of anilines is 2. The second-order valence-electron chi connectivity index (χ2n) is 6.36. The third kappa shape index (κ3) is 5.73. The number of rotatable bonds is 5. The molecule has 156 valence electrons. The van der Waals surface area contributed by atoms with Gasteiger partial charge < -0.3 is 19.9 Å². The Bertz CT molecular complexity index is 943. The Morgan fingerprint density at radius 2 is 2.03 bits per heavy atom. The molecular formula is C18H19F3N4O3S. The fourth-order valence-electron chi connectivity index (χ4n) is 2.83. The number of H-pyrrole nitrogens is 1. The quantitative estimate of drug-likeness (QED) is 0.563. The van der Waals surface area contributed by atoms with Crippen molar-refractivity contribution < 1.29 is 22.7 Å². The van der Waals surface area contributed by atoms with Crippen LogP contribution in [0, 0.1) is 6.92 Å². The van der Waals surface area contributed by atoms with Gasteiger partial charge in [0.2, 0.25) is 5.91 Å². The number of benzene rings is 1. The van der Waals surface area contributed by atoms with Gasteiger partial charge >= 0.3 is 6.18 Å². The van der Waals surface area contributed by atoms with Crippen LogP contribution in [0.5, 0.6) is 0 Å². The van der Waals surface area contributed by atoms with Gasteiger partial charge in [-0.2, -0.15) is 13.2 Å². The molecule has 1 aliphatic heterocycles. The molecule has 0 unspecified atom stereocenters. The van der Waals surface area contributed by atoms with E-state index in [2.05, 4.69) is 15.3 Å². The number of aromatic amines is 1. The zero-order valence-corrected chi connectivity index (χ0v) is 16.3. The first-order valence-corrected chi connectivity index (χ1v) is 9.75. The van der Waals surface area contributed by atoms with E-state index < -0.39 is 17.6 Å². The van der Waals surface area contributed by atoms with Gasteiger partial charge in [-0.3, -0.25) is 9.59 Å². The number of thioether (sulfide) groups is 1. The number of aromatic nitrogens is 2. The van der Waals surface area contributed by atoms with Crippen LogP contribution in [0.15, 0.2) is 34.2 Å². The first-order chi connectivity index (χ1) is 13.7. The average molecular weight is 428 g/mol. The number of halogens is 3. The topological polar surface area (TPSA) is 87.3 Å². The van der Waals surface area contributed by atoms with Gasteiger partial charge in [0.25, 0.3) is 5.56 Å². The highest BCUT2D eigenvalue weighted by molar-refractivity contribution is 7.99. The number of morpholine rings is 1. The standard InChI is InChI=1S/C18H19F3N4O3S/c1-11-8-15(26)24-17(22-11)29-10-16(27)23-13-9-12(18(19,20)21)2-3-14(13)25-4-6-28-7-5-25/h2-3,8-9H,4-7,10H2,1H3,(H,23,27)(H,22,24,26). The van der Waals surface area contributed by atoms with E-state index >= 15 is 0 Å². The number of hydrogen-bond acceptors (Lipinski definition) is 6. The maximum atomic E-state index is 13.1. The molecule has 29 heavy (non-hydrogen) atoms. The lowest BCUT2D eigenvalue weighted by molar-refractivity contribution is -0.137. The van der Waals surface area contributed by atoms with Gasteiger partial charge in [-0.15, -0.1) is 0 Å². The molecule has 11 heteroatoms. The minimum atomic E-state index is -4.53. The highest BCUT2D eigenvalue weighted by Crippen LogP contribution is 2.35. The smallest absolute Gasteiger partial charge is 0.378 e. The zero-order valence-electron chi connectivity index (χ0n) is 15.5. The van der Waals surface area contributed by atoms with E-state index in [9.17, 15) is 22.8 Å². The van der Waals surface area contributed by atoms with Gasteiger partial charge in [-0.1, -0.05) is 11.8 Å². The van der Waals surface area contributed by atoms with Gasteiger partial charge in [0.15, 0.2) is 5.16 Å². The minimum Gasteiger partial charge on any atom is -0.378 e. The zero-order chi connectivity index (χ0) is 21.0. The van der Waals surface area contributed by atoms with E-state index in [1.54, 1.807) is 6.92 Å². The van der Waals surface area contributed by atoms with Crippen molar-refractivity contribution in [3.63, 3.8) is 0 Å². The summed E-state index contributed by atoms with van der Waals surface area (Å²) >= 11 is 0.993. The van der Waals surface area contributed by atoms with Crippen LogP contribution < -0.4 is 15.8 Å². The molecule has 7 nitrogen and oxygen atoms in total. The average Bonchev–Trinajstić information content (AvgIpc) is 2.65. The number of nitrogens with zero attached hydrogens (tertiary/aromatic N) is 2. The maximum Gasteiger partial charge on any atom is 0.416 e. The molecule has 3 rings (SSSR count). The summed E-state index contributed by atoms with van der Waals surface area (Å²) in [5.41, 5.74) is -0.0982. The van der Waals surface area contributed by atoms with E-state index in [1.807, 2.05) is 4.90 Å². The summed E-state index contributed by atoms with van der Waals surface area (Å²) in [6, 6.07) is 4.61. The van der Waals surface area contributed by atoms with Crippen LogP contribution in [-0.4, -0.2) is 47.9 Å². The van der Waals surface area contributed by atoms with Crippen LogP contribution >= 0.6 is 11.8 Å². The third-order valence-electron chi connectivity index (χ3n) is 4.14. The van der Waals surface area contributed by atoms with Crippen LogP contribution in [0.2, 0.25) is 0 Å². The van der Waals surface area contributed by atoms with E-state index in [-0.39, 0.29) is 22.2 Å². The Balaban J connectivity index is 1.77. The van der Waals surface area contributed by atoms with E-state index in [0.717, 1.165) is 23.9 Å². The molecule has 1 amide bonds. The van der Waals surface area contributed by atoms with Crippen molar-refractivity contribution in [2.75, 3.05) is 42.3 Å². The lowest BCUT2D eigenvalue weighted by Gasteiger charge is -2.31. The Morgan fingerprint density at radius 3 is 2.69 bits per heavy atom. The number of amides is 1. The fraction of sp³-hybridized carbons (Fsp3) is 0.389. The molecule has 0 spiro atoms. The lowest BCUT2D eigenvalue weighted by Crippen LogP contribution is -2.37. The van der Waals surface area contributed by atoms with Crippen molar-refractivity contribution in [2.24, 2.45) is 0 Å². The number of hydrogen-bond donors (Lipinski definition) is 2. The molecular weight excluding hydrogens is 409 g/mol. The first-order valence-electron chi connectivity index (χ1n) is 8.77. The molecule has 2 N–H and O–H groups in total. The van der Waals surface area contributed by atoms with Crippen molar-refractivity contribution in [1.82, 2.24) is 9.97 Å². The Kier molecular flexibility index (Phi) is 6.48. The molecule has 1 aromatic carbocycles. The summed E-state index contributed by atoms with van der Waals surface area (Å²) in [6.45, 7) is 3.58. The largest absolute Gasteiger partial charge is 0.416 e. The molecule has 0 aliphatic carbocycles. The van der Waals surface area contributed by atoms with Crippen LogP contribution in [0.4, 0.5) is 24.5 Å². The molecule has 0 atom stereocenters. The van der Waals surface area contributed by atoms with Crippen molar-refractivity contribution >= 4 is 29.0 Å². The Hall–Kier alpha value is -2.53. The summed E-state index contributed by atoms with van der Waals surface area (Å²) in [4.78, 5) is 32.3. The lowest BCUT2D eigenvalue weighted by atomic mass is 10.1. The summed E-state index contributed by atoms with van der Waals surface area (Å²) in [7, 11) is 0. The van der Waals surface area contributed by atoms with Crippen molar-refractivity contribution in [1.29, 1.82) is 0 Å². The highest BCUT2D eigenvalue weighted by Gasteiger charge is 2.32. The van der Waals surface area contributed by atoms with Gasteiger partial charge in [0.05, 0.1) is 35.9 Å². The van der Waals surface area contributed by atoms with Crippen molar-refractivity contribution in [3.05, 3.63) is 45.9 Å². The van der Waals surface area contributed by atoms with E-state index in [0.29, 0.717) is 37.7 Å². The third-order valence-corrected chi connectivity index (χ3v) is 5.01. The fourth-order valence-corrected chi connectivity index (χ4v) is 3.55. The second-order valence-corrected chi connectivity index (χ2v) is 7.32. The molecule has 1 aliphatic rings. The van der Waals surface area contributed by atoms with E-state index in [4.69, 9.17) is 4.74 Å². The number of aryl methyl sites for hydroxylation is 1. The Morgan fingerprint density at radius 1 is 1.31 bits per heavy atom. The summed E-state index contributed by atoms with van der Waals surface area (Å²) in [5.74, 6) is -0.626. The van der Waals surface area contributed by atoms with Crippen LogP contribution in [0.1, 0.15) is 11.3 Å². The number of alkyl halides is 3. The summed E-state index contributed by atoms with van der Waals surface area (Å²) in [6.07, 6.45) is -4.53. The van der Waals surface area contributed by atoms with Crippen molar-refractivity contribution in [2.45, 2.75) is 18.3 Å². The van der Waals surface area contributed by atoms with Crippen LogP contribution in [0.3, 0.4) is 0 Å². The van der Waals surface area contributed by atoms with E-state index in [1.165, 1.54) is 12.1 Å². The van der Waals surface area contributed by atoms with Crippen LogP contribution in [-0.2, 0) is 15.7 Å². The summed E-state index contributed by atoms with van der Waals surface area (Å²) in [5, 5.41) is 2.82. The van der Waals surface area contributed by atoms with Gasteiger partial charge in [-0.25, -0.2) is 4.98 Å². The van der Waals surface area contributed by atoms with Gasteiger partial charge in [0, 0.05) is 24.8 Å². The number of nitrogens with one attached hydrogen (secondary N) is 2. The second kappa shape index (κ2) is 8.87.